The summed E-state index contributed by atoms with van der Waals surface area (Å²) in [5, 5.41) is 9.70. The van der Waals surface area contributed by atoms with Gasteiger partial charge in [-0.3, -0.25) is 9.52 Å². The fourth-order valence-electron chi connectivity index (χ4n) is 3.79. The lowest BCUT2D eigenvalue weighted by Crippen LogP contribution is -2.38. The molecular formula is C23H31N3O5S. The molecule has 174 valence electrons. The first kappa shape index (κ1) is 25.2. The monoisotopic (exact) mass is 461 g/mol. The number of aromatic carboxylic acids is 1. The molecule has 0 spiro atoms. The topological polar surface area (TPSA) is 107 Å². The summed E-state index contributed by atoms with van der Waals surface area (Å²) >= 11 is 0. The van der Waals surface area contributed by atoms with Crippen LogP contribution in [0.1, 0.15) is 40.9 Å². The van der Waals surface area contributed by atoms with Crippen LogP contribution in [-0.2, 0) is 14.8 Å². The molecule has 0 bridgehead atoms. The third-order valence-corrected chi connectivity index (χ3v) is 6.95. The van der Waals surface area contributed by atoms with E-state index in [1.165, 1.54) is 12.1 Å². The van der Waals surface area contributed by atoms with Gasteiger partial charge in [-0.2, -0.15) is 0 Å². The molecule has 9 heteroatoms. The zero-order chi connectivity index (χ0) is 24.2. The Bertz CT molecular complexity index is 1100. The van der Waals surface area contributed by atoms with Crippen molar-refractivity contribution in [2.24, 2.45) is 0 Å². The molecule has 0 radical (unpaired) electrons. The molecule has 0 saturated carbocycles. The van der Waals surface area contributed by atoms with Gasteiger partial charge in [-0.15, -0.1) is 0 Å². The van der Waals surface area contributed by atoms with Gasteiger partial charge in [0.15, 0.2) is 0 Å². The number of rotatable bonds is 9. The molecule has 0 atom stereocenters. The van der Waals surface area contributed by atoms with Gasteiger partial charge >= 0.3 is 5.97 Å². The van der Waals surface area contributed by atoms with Gasteiger partial charge in [-0.25, -0.2) is 13.2 Å². The van der Waals surface area contributed by atoms with Crippen molar-refractivity contribution >= 4 is 33.3 Å². The van der Waals surface area contributed by atoms with E-state index in [9.17, 15) is 23.1 Å². The average molecular weight is 462 g/mol. The standard InChI is InChI=1S/C23H31N3O5S/c1-7-26(8-2)21(27)14-25(6)18-9-10-20(19(13-18)23(28)29)24-32(30,31)22-16(4)11-15(3)12-17(22)5/h9-13,24H,7-8,14H2,1-6H3,(H,28,29). The molecule has 2 aromatic carbocycles. The fraction of sp³-hybridized carbons (Fsp3) is 0.391. The molecule has 0 aliphatic heterocycles. The van der Waals surface area contributed by atoms with Gasteiger partial charge in [-0.05, 0) is 63.9 Å². The molecule has 0 fully saturated rings. The second-order valence-corrected chi connectivity index (χ2v) is 9.41. The van der Waals surface area contributed by atoms with Crippen molar-refractivity contribution < 1.29 is 23.1 Å². The first-order valence-electron chi connectivity index (χ1n) is 10.4. The Morgan fingerprint density at radius 3 is 2.06 bits per heavy atom. The number of carbonyl (C=O) groups excluding carboxylic acids is 1. The molecule has 0 aliphatic carbocycles. The van der Waals surface area contributed by atoms with Crippen LogP contribution in [0.5, 0.6) is 0 Å². The molecule has 32 heavy (non-hydrogen) atoms. The molecule has 0 heterocycles. The summed E-state index contributed by atoms with van der Waals surface area (Å²) in [5.41, 5.74) is 2.36. The van der Waals surface area contributed by atoms with E-state index in [-0.39, 0.29) is 28.6 Å². The predicted octanol–water partition coefficient (Wildman–Crippen LogP) is 3.42. The molecule has 0 aliphatic rings. The van der Waals surface area contributed by atoms with Crippen LogP contribution in [-0.4, -0.2) is 57.0 Å². The Kier molecular flexibility index (Phi) is 7.90. The third kappa shape index (κ3) is 5.59. The number of nitrogens with zero attached hydrogens (tertiary/aromatic N) is 2. The summed E-state index contributed by atoms with van der Waals surface area (Å²) in [4.78, 5) is 27.7. The van der Waals surface area contributed by atoms with Gasteiger partial charge in [-0.1, -0.05) is 17.7 Å². The van der Waals surface area contributed by atoms with Crippen molar-refractivity contribution in [2.45, 2.75) is 39.5 Å². The molecule has 0 saturated heterocycles. The average Bonchev–Trinajstić information content (AvgIpc) is 2.67. The number of benzene rings is 2. The largest absolute Gasteiger partial charge is 0.478 e. The van der Waals surface area contributed by atoms with Crippen LogP contribution >= 0.6 is 0 Å². The first-order chi connectivity index (χ1) is 14.9. The molecule has 1 amide bonds. The Morgan fingerprint density at radius 2 is 1.56 bits per heavy atom. The van der Waals surface area contributed by atoms with Gasteiger partial charge in [0, 0.05) is 25.8 Å². The van der Waals surface area contributed by atoms with Crippen molar-refractivity contribution in [3.05, 3.63) is 52.6 Å². The molecular weight excluding hydrogens is 430 g/mol. The summed E-state index contributed by atoms with van der Waals surface area (Å²) in [6.07, 6.45) is 0. The number of amides is 1. The van der Waals surface area contributed by atoms with E-state index < -0.39 is 16.0 Å². The highest BCUT2D eigenvalue weighted by molar-refractivity contribution is 7.92. The lowest BCUT2D eigenvalue weighted by atomic mass is 10.1. The van der Waals surface area contributed by atoms with Gasteiger partial charge in [0.1, 0.15) is 0 Å². The van der Waals surface area contributed by atoms with Crippen LogP contribution in [0, 0.1) is 20.8 Å². The van der Waals surface area contributed by atoms with Gasteiger partial charge in [0.05, 0.1) is 22.7 Å². The number of likely N-dealkylation sites (N-methyl/N-ethyl adjacent to an activating group) is 2. The summed E-state index contributed by atoms with van der Waals surface area (Å²) in [5.74, 6) is -1.35. The number of hydrogen-bond donors (Lipinski definition) is 2. The highest BCUT2D eigenvalue weighted by Crippen LogP contribution is 2.28. The van der Waals surface area contributed by atoms with Crippen LogP contribution < -0.4 is 9.62 Å². The van der Waals surface area contributed by atoms with E-state index in [2.05, 4.69) is 4.72 Å². The van der Waals surface area contributed by atoms with Gasteiger partial charge < -0.3 is 14.9 Å². The van der Waals surface area contributed by atoms with Crippen LogP contribution in [0.3, 0.4) is 0 Å². The highest BCUT2D eigenvalue weighted by atomic mass is 32.2. The van der Waals surface area contributed by atoms with Crippen molar-refractivity contribution in [1.29, 1.82) is 0 Å². The number of carboxylic acids is 1. The molecule has 2 N–H and O–H groups in total. The maximum absolute atomic E-state index is 13.1. The fourth-order valence-corrected chi connectivity index (χ4v) is 5.33. The number of carbonyl (C=O) groups is 2. The van der Waals surface area contributed by atoms with Crippen molar-refractivity contribution in [3.8, 4) is 0 Å². The minimum atomic E-state index is -4.01. The number of carboxylic acid groups (broad SMARTS) is 1. The zero-order valence-corrected chi connectivity index (χ0v) is 20.2. The van der Waals surface area contributed by atoms with Gasteiger partial charge in [0.2, 0.25) is 5.91 Å². The van der Waals surface area contributed by atoms with Crippen molar-refractivity contribution in [2.75, 3.05) is 36.3 Å². The normalized spacial score (nSPS) is 11.2. The lowest BCUT2D eigenvalue weighted by molar-refractivity contribution is -0.129. The van der Waals surface area contributed by atoms with E-state index in [0.717, 1.165) is 5.56 Å². The van der Waals surface area contributed by atoms with E-state index >= 15 is 0 Å². The van der Waals surface area contributed by atoms with E-state index in [1.807, 2.05) is 20.8 Å². The first-order valence-corrected chi connectivity index (χ1v) is 11.9. The van der Waals surface area contributed by atoms with Crippen LogP contribution in [0.15, 0.2) is 35.2 Å². The molecule has 0 aromatic heterocycles. The SMILES string of the molecule is CCN(CC)C(=O)CN(C)c1ccc(NS(=O)(=O)c2c(C)cc(C)cc2C)c(C(=O)O)c1. The van der Waals surface area contributed by atoms with Gasteiger partial charge in [0.25, 0.3) is 10.0 Å². The Labute approximate surface area is 189 Å². The number of hydrogen-bond acceptors (Lipinski definition) is 5. The number of sulfonamides is 1. The Morgan fingerprint density at radius 1 is 1.00 bits per heavy atom. The number of nitrogens with one attached hydrogen (secondary N) is 1. The smallest absolute Gasteiger partial charge is 0.337 e. The predicted molar refractivity (Wildman–Crippen MR) is 126 cm³/mol. The van der Waals surface area contributed by atoms with Crippen LogP contribution in [0.2, 0.25) is 0 Å². The van der Waals surface area contributed by atoms with Crippen molar-refractivity contribution in [1.82, 2.24) is 4.90 Å². The third-order valence-electron chi connectivity index (χ3n) is 5.28. The maximum atomic E-state index is 13.1. The minimum absolute atomic E-state index is 0.0379. The number of aryl methyl sites for hydroxylation is 3. The van der Waals surface area contributed by atoms with Crippen molar-refractivity contribution in [3.63, 3.8) is 0 Å². The summed E-state index contributed by atoms with van der Waals surface area (Å²) in [6, 6.07) is 7.90. The maximum Gasteiger partial charge on any atom is 0.337 e. The molecule has 0 unspecified atom stereocenters. The van der Waals surface area contributed by atoms with E-state index in [0.29, 0.717) is 29.9 Å². The molecule has 2 aromatic rings. The Balaban J connectivity index is 2.39. The quantitative estimate of drug-likeness (QED) is 0.593. The second-order valence-electron chi connectivity index (χ2n) is 7.79. The second kappa shape index (κ2) is 10.0. The number of anilines is 2. The van der Waals surface area contributed by atoms with Crippen LogP contribution in [0.4, 0.5) is 11.4 Å². The highest BCUT2D eigenvalue weighted by Gasteiger charge is 2.23. The summed E-state index contributed by atoms with van der Waals surface area (Å²) in [6.45, 7) is 10.3. The van der Waals surface area contributed by atoms with E-state index in [4.69, 9.17) is 0 Å². The molecule has 8 nitrogen and oxygen atoms in total. The summed E-state index contributed by atoms with van der Waals surface area (Å²) < 4.78 is 28.6. The Hall–Kier alpha value is -3.07. The zero-order valence-electron chi connectivity index (χ0n) is 19.4. The van der Waals surface area contributed by atoms with E-state index in [1.54, 1.807) is 48.9 Å². The lowest BCUT2D eigenvalue weighted by Gasteiger charge is -2.25. The minimum Gasteiger partial charge on any atom is -0.478 e. The summed E-state index contributed by atoms with van der Waals surface area (Å²) in [7, 11) is -2.32. The molecule has 2 rings (SSSR count). The van der Waals surface area contributed by atoms with Crippen LogP contribution in [0.25, 0.3) is 0 Å².